The predicted molar refractivity (Wildman–Crippen MR) is 142 cm³/mol. The maximum atomic E-state index is 12.9. The van der Waals surface area contributed by atoms with E-state index >= 15 is 0 Å². The highest BCUT2D eigenvalue weighted by Crippen LogP contribution is 2.40. The topological polar surface area (TPSA) is 79.8 Å². The van der Waals surface area contributed by atoms with Gasteiger partial charge in [-0.25, -0.2) is 0 Å². The number of fused-ring (bicyclic) bond motifs is 1. The van der Waals surface area contributed by atoms with Crippen LogP contribution in [-0.4, -0.2) is 48.5 Å². The summed E-state index contributed by atoms with van der Waals surface area (Å²) >= 11 is 0. The molecule has 6 heteroatoms. The minimum atomic E-state index is -0.729. The standard InChI is InChI=1S/C30H42N2O4/c1-4-21-10-11-28-24(16-21)26(19-30(2,3)36-28)31-20-27(33)25(17-22-8-6-5-7-9-22)32-29(34)18-23-12-14-35-15-13-23/h5-11,16,23,25-27,31,33H,4,12-15,17-20H2,1-3H3,(H,32,34)/t25-,26-,27+/m0/s1. The fourth-order valence-corrected chi connectivity index (χ4v) is 5.34. The molecule has 3 atom stereocenters. The summed E-state index contributed by atoms with van der Waals surface area (Å²) in [6.45, 7) is 8.18. The Labute approximate surface area is 215 Å². The molecule has 2 aromatic rings. The van der Waals surface area contributed by atoms with Gasteiger partial charge in [-0.15, -0.1) is 0 Å². The number of hydrogen-bond acceptors (Lipinski definition) is 5. The first-order chi connectivity index (χ1) is 17.3. The molecule has 0 aromatic heterocycles. The van der Waals surface area contributed by atoms with Crippen molar-refractivity contribution in [3.05, 3.63) is 65.2 Å². The summed E-state index contributed by atoms with van der Waals surface area (Å²) in [5.41, 5.74) is 3.21. The third kappa shape index (κ3) is 7.31. The summed E-state index contributed by atoms with van der Waals surface area (Å²) in [5, 5.41) is 18.1. The number of hydrogen-bond donors (Lipinski definition) is 3. The summed E-state index contributed by atoms with van der Waals surface area (Å²) in [6.07, 6.45) is 3.94. The average molecular weight is 495 g/mol. The molecule has 196 valence electrons. The first-order valence-electron chi connectivity index (χ1n) is 13.5. The molecule has 2 aliphatic heterocycles. The fraction of sp³-hybridized carbons (Fsp3) is 0.567. The number of carbonyl (C=O) groups is 1. The van der Waals surface area contributed by atoms with E-state index in [0.29, 0.717) is 25.3 Å². The van der Waals surface area contributed by atoms with Gasteiger partial charge in [0.15, 0.2) is 0 Å². The van der Waals surface area contributed by atoms with Gasteiger partial charge in [-0.05, 0) is 62.6 Å². The summed E-state index contributed by atoms with van der Waals surface area (Å²) in [5.74, 6) is 1.26. The number of aliphatic hydroxyl groups is 1. The molecule has 3 N–H and O–H groups in total. The molecule has 0 saturated carbocycles. The van der Waals surface area contributed by atoms with Crippen molar-refractivity contribution in [3.63, 3.8) is 0 Å². The van der Waals surface area contributed by atoms with Crippen molar-refractivity contribution in [1.82, 2.24) is 10.6 Å². The molecule has 2 heterocycles. The number of aryl methyl sites for hydroxylation is 1. The molecule has 1 saturated heterocycles. The van der Waals surface area contributed by atoms with Gasteiger partial charge in [-0.2, -0.15) is 0 Å². The number of benzene rings is 2. The third-order valence-corrected chi connectivity index (χ3v) is 7.44. The molecule has 0 unspecified atom stereocenters. The number of aliphatic hydroxyl groups excluding tert-OH is 1. The molecule has 4 rings (SSSR count). The Hall–Kier alpha value is -2.41. The third-order valence-electron chi connectivity index (χ3n) is 7.44. The number of nitrogens with one attached hydrogen (secondary N) is 2. The molecule has 1 fully saturated rings. The van der Waals surface area contributed by atoms with Crippen LogP contribution in [0.15, 0.2) is 48.5 Å². The van der Waals surface area contributed by atoms with Crippen molar-refractivity contribution in [1.29, 1.82) is 0 Å². The first kappa shape index (κ1) is 26.6. The molecule has 0 bridgehead atoms. The van der Waals surface area contributed by atoms with Crippen LogP contribution in [-0.2, 0) is 22.4 Å². The van der Waals surface area contributed by atoms with Crippen LogP contribution in [0.3, 0.4) is 0 Å². The number of rotatable bonds is 10. The fourth-order valence-electron chi connectivity index (χ4n) is 5.34. The van der Waals surface area contributed by atoms with Crippen LogP contribution in [0.25, 0.3) is 0 Å². The van der Waals surface area contributed by atoms with Gasteiger partial charge >= 0.3 is 0 Å². The van der Waals surface area contributed by atoms with Gasteiger partial charge in [0, 0.05) is 44.2 Å². The van der Waals surface area contributed by atoms with Gasteiger partial charge < -0.3 is 25.2 Å². The van der Waals surface area contributed by atoms with Crippen LogP contribution in [0.2, 0.25) is 0 Å². The lowest BCUT2D eigenvalue weighted by Gasteiger charge is -2.39. The molecule has 36 heavy (non-hydrogen) atoms. The van der Waals surface area contributed by atoms with Crippen LogP contribution in [0.1, 0.15) is 69.2 Å². The Bertz CT molecular complexity index is 988. The van der Waals surface area contributed by atoms with E-state index in [9.17, 15) is 9.90 Å². The van der Waals surface area contributed by atoms with Gasteiger partial charge in [0.2, 0.25) is 5.91 Å². The zero-order valence-corrected chi connectivity index (χ0v) is 22.0. The lowest BCUT2D eigenvalue weighted by molar-refractivity contribution is -0.124. The summed E-state index contributed by atoms with van der Waals surface area (Å²) in [4.78, 5) is 12.9. The lowest BCUT2D eigenvalue weighted by atomic mass is 9.88. The van der Waals surface area contributed by atoms with Crippen molar-refractivity contribution in [2.75, 3.05) is 19.8 Å². The van der Waals surface area contributed by atoms with Gasteiger partial charge in [-0.3, -0.25) is 4.79 Å². The van der Waals surface area contributed by atoms with Gasteiger partial charge in [0.1, 0.15) is 11.4 Å². The summed E-state index contributed by atoms with van der Waals surface area (Å²) in [6, 6.07) is 16.1. The van der Waals surface area contributed by atoms with Gasteiger partial charge in [0.05, 0.1) is 12.1 Å². The van der Waals surface area contributed by atoms with E-state index < -0.39 is 6.10 Å². The second-order valence-electron chi connectivity index (χ2n) is 10.9. The normalized spacial score (nSPS) is 21.2. The molecule has 6 nitrogen and oxygen atoms in total. The van der Waals surface area contributed by atoms with Crippen LogP contribution in [0, 0.1) is 5.92 Å². The van der Waals surface area contributed by atoms with Crippen molar-refractivity contribution in [2.24, 2.45) is 5.92 Å². The summed E-state index contributed by atoms with van der Waals surface area (Å²) in [7, 11) is 0. The Balaban J connectivity index is 1.44. The quantitative estimate of drug-likeness (QED) is 0.458. The predicted octanol–water partition coefficient (Wildman–Crippen LogP) is 4.35. The largest absolute Gasteiger partial charge is 0.487 e. The Morgan fingerprint density at radius 1 is 1.11 bits per heavy atom. The smallest absolute Gasteiger partial charge is 0.220 e. The second kappa shape index (κ2) is 12.2. The van der Waals surface area contributed by atoms with E-state index in [2.05, 4.69) is 49.6 Å². The van der Waals surface area contributed by atoms with Gasteiger partial charge in [-0.1, -0.05) is 49.4 Å². The molecule has 0 spiro atoms. The Morgan fingerprint density at radius 2 is 1.86 bits per heavy atom. The van der Waals surface area contributed by atoms with E-state index in [1.165, 1.54) is 5.56 Å². The SMILES string of the molecule is CCc1ccc2c(c1)[C@@H](NC[C@@H](O)[C@H](Cc1ccccc1)NC(=O)CC1CCOCC1)CC(C)(C)O2. The molecule has 0 aliphatic carbocycles. The van der Waals surface area contributed by atoms with Gasteiger partial charge in [0.25, 0.3) is 0 Å². The maximum Gasteiger partial charge on any atom is 0.220 e. The number of ether oxygens (including phenoxy) is 2. The maximum absolute atomic E-state index is 12.9. The van der Waals surface area contributed by atoms with Crippen LogP contribution < -0.4 is 15.4 Å². The molecule has 2 aliphatic rings. The molecular formula is C30H42N2O4. The van der Waals surface area contributed by atoms with Crippen LogP contribution in [0.4, 0.5) is 0 Å². The number of amides is 1. The van der Waals surface area contributed by atoms with E-state index in [1.807, 2.05) is 30.3 Å². The molecule has 2 aromatic carbocycles. The Morgan fingerprint density at radius 3 is 2.58 bits per heavy atom. The highest BCUT2D eigenvalue weighted by atomic mass is 16.5. The molecule has 0 radical (unpaired) electrons. The number of carbonyl (C=O) groups excluding carboxylic acids is 1. The zero-order chi connectivity index (χ0) is 25.5. The molecular weight excluding hydrogens is 452 g/mol. The van der Waals surface area contributed by atoms with E-state index in [4.69, 9.17) is 9.47 Å². The highest BCUT2D eigenvalue weighted by Gasteiger charge is 2.34. The minimum Gasteiger partial charge on any atom is -0.487 e. The second-order valence-corrected chi connectivity index (χ2v) is 10.9. The monoisotopic (exact) mass is 494 g/mol. The van der Waals surface area contributed by atoms with Crippen molar-refractivity contribution >= 4 is 5.91 Å². The summed E-state index contributed by atoms with van der Waals surface area (Å²) < 4.78 is 11.7. The minimum absolute atomic E-state index is 0.00649. The van der Waals surface area contributed by atoms with Crippen molar-refractivity contribution < 1.29 is 19.4 Å². The van der Waals surface area contributed by atoms with E-state index in [1.54, 1.807) is 0 Å². The molecule has 1 amide bonds. The van der Waals surface area contributed by atoms with Crippen molar-refractivity contribution in [3.8, 4) is 5.75 Å². The lowest BCUT2D eigenvalue weighted by Crippen LogP contribution is -2.50. The highest BCUT2D eigenvalue weighted by molar-refractivity contribution is 5.76. The van der Waals surface area contributed by atoms with E-state index in [-0.39, 0.29) is 23.6 Å². The van der Waals surface area contributed by atoms with Crippen molar-refractivity contribution in [2.45, 2.75) is 83.1 Å². The van der Waals surface area contributed by atoms with Crippen LogP contribution >= 0.6 is 0 Å². The zero-order valence-electron chi connectivity index (χ0n) is 22.0. The first-order valence-corrected chi connectivity index (χ1v) is 13.5. The van der Waals surface area contributed by atoms with Crippen LogP contribution in [0.5, 0.6) is 5.75 Å². The van der Waals surface area contributed by atoms with E-state index in [0.717, 1.165) is 55.8 Å². The Kier molecular flexibility index (Phi) is 9.04. The average Bonchev–Trinajstić information content (AvgIpc) is 2.87.